The molecule has 0 amide bonds. The van der Waals surface area contributed by atoms with Gasteiger partial charge in [-0.15, -0.1) is 4.91 Å². The largest absolute Gasteiger partial charge is 0.491 e. The fourth-order valence-electron chi connectivity index (χ4n) is 3.26. The molecule has 2 unspecified atom stereocenters. The first kappa shape index (κ1) is 19.8. The standard InChI is InChI=1S/C14H21F3N4O3S/c1-11(21(19-23)12-5-3-2-4-6-12)20-7-8-25(9-18,10-20)24-13(22)14(15,16)17/h11-12H,2-8,10H2,1H3. The molecule has 1 saturated heterocycles. The molecule has 0 N–H and O–H groups in total. The number of nitroso groups, excluding NO2 is 1. The summed E-state index contributed by atoms with van der Waals surface area (Å²) in [5.41, 5.74) is 0. The average Bonchev–Trinajstić information content (AvgIpc) is 3.00. The molecule has 11 heteroatoms. The van der Waals surface area contributed by atoms with E-state index in [1.165, 1.54) is 5.01 Å². The van der Waals surface area contributed by atoms with E-state index in [4.69, 9.17) is 0 Å². The van der Waals surface area contributed by atoms with Gasteiger partial charge in [0.15, 0.2) is 0 Å². The molecule has 2 fully saturated rings. The number of nitriles is 1. The second kappa shape index (κ2) is 7.78. The van der Waals surface area contributed by atoms with Gasteiger partial charge < -0.3 is 4.18 Å². The zero-order valence-electron chi connectivity index (χ0n) is 13.9. The highest BCUT2D eigenvalue weighted by Gasteiger charge is 2.48. The monoisotopic (exact) mass is 382 g/mol. The van der Waals surface area contributed by atoms with E-state index in [-0.39, 0.29) is 24.2 Å². The van der Waals surface area contributed by atoms with Gasteiger partial charge in [0.05, 0.1) is 17.2 Å². The van der Waals surface area contributed by atoms with Crippen LogP contribution in [0.15, 0.2) is 5.29 Å². The van der Waals surface area contributed by atoms with Crippen molar-refractivity contribution >= 4 is 16.3 Å². The minimum Gasteiger partial charge on any atom is -0.394 e. The number of halogens is 3. The Morgan fingerprint density at radius 3 is 2.56 bits per heavy atom. The van der Waals surface area contributed by atoms with E-state index >= 15 is 0 Å². The normalized spacial score (nSPS) is 29.2. The lowest BCUT2D eigenvalue weighted by atomic mass is 9.95. The van der Waals surface area contributed by atoms with Gasteiger partial charge in [0.2, 0.25) is 0 Å². The predicted molar refractivity (Wildman–Crippen MR) is 85.8 cm³/mol. The Labute approximate surface area is 145 Å². The Morgan fingerprint density at radius 1 is 1.40 bits per heavy atom. The van der Waals surface area contributed by atoms with Gasteiger partial charge in [-0.1, -0.05) is 19.3 Å². The Balaban J connectivity index is 2.05. The quantitative estimate of drug-likeness (QED) is 0.412. The van der Waals surface area contributed by atoms with Crippen LogP contribution in [0.25, 0.3) is 0 Å². The Morgan fingerprint density at radius 2 is 2.04 bits per heavy atom. The summed E-state index contributed by atoms with van der Waals surface area (Å²) in [7, 11) is -2.86. The smallest absolute Gasteiger partial charge is 0.394 e. The third-order valence-electron chi connectivity index (χ3n) is 4.67. The van der Waals surface area contributed by atoms with Gasteiger partial charge in [0, 0.05) is 22.6 Å². The molecular formula is C14H21F3N4O3S. The molecule has 0 radical (unpaired) electrons. The maximum absolute atomic E-state index is 12.4. The van der Waals surface area contributed by atoms with Crippen LogP contribution in [-0.2, 0) is 8.98 Å². The number of carbonyl (C=O) groups is 1. The summed E-state index contributed by atoms with van der Waals surface area (Å²) in [4.78, 5) is 24.1. The van der Waals surface area contributed by atoms with Crippen molar-refractivity contribution in [2.24, 2.45) is 5.29 Å². The maximum atomic E-state index is 12.4. The Kier molecular flexibility index (Phi) is 6.16. The Bertz CT molecular complexity index is 550. The molecule has 0 spiro atoms. The number of thiocyanates is 1. The number of alkyl halides is 3. The molecule has 0 aromatic carbocycles. The minimum atomic E-state index is -5.13. The van der Waals surface area contributed by atoms with Crippen LogP contribution in [0.1, 0.15) is 39.0 Å². The Hall–Kier alpha value is -1.54. The zero-order valence-corrected chi connectivity index (χ0v) is 14.7. The summed E-state index contributed by atoms with van der Waals surface area (Å²) < 4.78 is 41.9. The minimum absolute atomic E-state index is 0.00828. The van der Waals surface area contributed by atoms with Crippen molar-refractivity contribution in [3.05, 3.63) is 4.91 Å². The SMILES string of the molecule is CC(N1CCS(C#N)(OC(=O)C(F)(F)F)C1)N(N=O)C1CCCCC1. The lowest BCUT2D eigenvalue weighted by Gasteiger charge is -2.38. The van der Waals surface area contributed by atoms with Gasteiger partial charge >= 0.3 is 12.1 Å². The molecule has 2 atom stereocenters. The van der Waals surface area contributed by atoms with Crippen LogP contribution in [-0.4, -0.2) is 52.4 Å². The van der Waals surface area contributed by atoms with Crippen molar-refractivity contribution in [1.82, 2.24) is 9.91 Å². The van der Waals surface area contributed by atoms with Crippen molar-refractivity contribution < 1.29 is 22.1 Å². The van der Waals surface area contributed by atoms with E-state index in [0.717, 1.165) is 32.1 Å². The number of hydrogen-bond acceptors (Lipinski definition) is 6. The van der Waals surface area contributed by atoms with Gasteiger partial charge in [-0.2, -0.15) is 18.4 Å². The van der Waals surface area contributed by atoms with Crippen LogP contribution in [0.2, 0.25) is 0 Å². The summed E-state index contributed by atoms with van der Waals surface area (Å²) >= 11 is 0. The molecule has 1 aliphatic carbocycles. The number of nitrogens with zero attached hydrogens (tertiary/aromatic N) is 4. The van der Waals surface area contributed by atoms with E-state index in [1.807, 2.05) is 0 Å². The van der Waals surface area contributed by atoms with Gasteiger partial charge in [-0.25, -0.2) is 9.80 Å². The van der Waals surface area contributed by atoms with Gasteiger partial charge in [0.25, 0.3) is 0 Å². The first-order chi connectivity index (χ1) is 11.7. The van der Waals surface area contributed by atoms with E-state index in [9.17, 15) is 28.1 Å². The lowest BCUT2D eigenvalue weighted by Crippen LogP contribution is -2.48. The fourth-order valence-corrected chi connectivity index (χ4v) is 5.51. The molecule has 1 aliphatic heterocycles. The van der Waals surface area contributed by atoms with Crippen LogP contribution in [0, 0.1) is 15.6 Å². The third kappa shape index (κ3) is 4.55. The van der Waals surface area contributed by atoms with Crippen molar-refractivity contribution in [2.75, 3.05) is 18.2 Å². The molecule has 142 valence electrons. The zero-order chi connectivity index (χ0) is 18.7. The van der Waals surface area contributed by atoms with Crippen molar-refractivity contribution in [3.63, 3.8) is 0 Å². The summed E-state index contributed by atoms with van der Waals surface area (Å²) in [5, 5.41) is 15.6. The van der Waals surface area contributed by atoms with Crippen LogP contribution in [0.4, 0.5) is 13.2 Å². The molecule has 7 nitrogen and oxygen atoms in total. The summed E-state index contributed by atoms with van der Waals surface area (Å²) in [6.07, 6.45) is -0.815. The highest BCUT2D eigenvalue weighted by Crippen LogP contribution is 2.53. The van der Waals surface area contributed by atoms with Crippen molar-refractivity contribution in [2.45, 2.75) is 57.4 Å². The molecule has 0 aromatic rings. The first-order valence-electron chi connectivity index (χ1n) is 8.08. The van der Waals surface area contributed by atoms with E-state index in [1.54, 1.807) is 17.2 Å². The van der Waals surface area contributed by atoms with Gasteiger partial charge in [-0.3, -0.25) is 4.90 Å². The van der Waals surface area contributed by atoms with Crippen LogP contribution >= 0.6 is 10.3 Å². The molecule has 2 aliphatic rings. The van der Waals surface area contributed by atoms with Crippen molar-refractivity contribution in [3.8, 4) is 5.40 Å². The third-order valence-corrected chi connectivity index (χ3v) is 7.06. The fraction of sp³-hybridized carbons (Fsp3) is 0.857. The summed E-state index contributed by atoms with van der Waals surface area (Å²) in [6.45, 7) is 2.00. The number of carbonyl (C=O) groups excluding carboxylic acids is 1. The molecule has 2 rings (SSSR count). The van der Waals surface area contributed by atoms with E-state index < -0.39 is 28.6 Å². The summed E-state index contributed by atoms with van der Waals surface area (Å²) in [5.74, 6) is -2.41. The van der Waals surface area contributed by atoms with Crippen molar-refractivity contribution in [1.29, 1.82) is 5.26 Å². The van der Waals surface area contributed by atoms with Gasteiger partial charge in [0.1, 0.15) is 11.6 Å². The predicted octanol–water partition coefficient (Wildman–Crippen LogP) is 3.23. The van der Waals surface area contributed by atoms with E-state index in [2.05, 4.69) is 9.47 Å². The highest BCUT2D eigenvalue weighted by molar-refractivity contribution is 8.34. The number of rotatable bonds is 5. The second-order valence-electron chi connectivity index (χ2n) is 6.30. The molecule has 0 aromatic heterocycles. The topological polar surface area (TPSA) is 86.0 Å². The maximum Gasteiger partial charge on any atom is 0.491 e. The lowest BCUT2D eigenvalue weighted by molar-refractivity contribution is -0.188. The molecule has 25 heavy (non-hydrogen) atoms. The number of hydrogen-bond donors (Lipinski definition) is 0. The molecule has 1 heterocycles. The average molecular weight is 382 g/mol. The first-order valence-corrected chi connectivity index (χ1v) is 9.98. The highest BCUT2D eigenvalue weighted by atomic mass is 32.3. The molecule has 1 saturated carbocycles. The second-order valence-corrected chi connectivity index (χ2v) is 8.94. The van der Waals surface area contributed by atoms with Crippen LogP contribution in [0.3, 0.4) is 0 Å². The van der Waals surface area contributed by atoms with E-state index in [0.29, 0.717) is 0 Å². The molecule has 0 bridgehead atoms. The van der Waals surface area contributed by atoms with Gasteiger partial charge in [-0.05, 0) is 19.8 Å². The summed E-state index contributed by atoms with van der Waals surface area (Å²) in [6, 6.07) is -0.00828. The van der Waals surface area contributed by atoms with Crippen LogP contribution < -0.4 is 0 Å². The molecular weight excluding hydrogens is 361 g/mol. The van der Waals surface area contributed by atoms with Crippen LogP contribution in [0.5, 0.6) is 0 Å².